The maximum absolute atomic E-state index is 12.7. The Hall–Kier alpha value is -1.39. The molecule has 0 unspecified atom stereocenters. The van der Waals surface area contributed by atoms with Gasteiger partial charge in [0.25, 0.3) is 0 Å². The van der Waals surface area contributed by atoms with Crippen LogP contribution in [0.25, 0.3) is 0 Å². The molecule has 0 bridgehead atoms. The summed E-state index contributed by atoms with van der Waals surface area (Å²) in [5, 5.41) is 2.56. The maximum atomic E-state index is 12.7. The van der Waals surface area contributed by atoms with Crippen LogP contribution in [0.5, 0.6) is 0 Å². The van der Waals surface area contributed by atoms with E-state index in [-0.39, 0.29) is 0 Å². The molecular formula is C11H17F3N2. The minimum atomic E-state index is -4.38. The molecule has 92 valence electrons. The van der Waals surface area contributed by atoms with Crippen molar-refractivity contribution >= 4 is 0 Å². The number of alkyl halides is 3. The lowest BCUT2D eigenvalue weighted by atomic mass is 10.3. The standard InChI is InChI=1S/C11H17F3N2/c1-5-7-9(3)16(4)10(8-15-6-2)11(12,13)14/h5,7-8,15H,1,6H2,2-4H3/b9-7+,10-8-. The summed E-state index contributed by atoms with van der Waals surface area (Å²) in [6, 6.07) is 0. The number of hydrogen-bond donors (Lipinski definition) is 1. The molecule has 0 fully saturated rings. The molecule has 2 nitrogen and oxygen atoms in total. The van der Waals surface area contributed by atoms with Crippen molar-refractivity contribution in [2.75, 3.05) is 13.6 Å². The molecule has 0 atom stereocenters. The van der Waals surface area contributed by atoms with Crippen LogP contribution in [-0.2, 0) is 0 Å². The molecular weight excluding hydrogens is 217 g/mol. The normalized spacial score (nSPS) is 13.6. The van der Waals surface area contributed by atoms with Crippen LogP contribution in [0.3, 0.4) is 0 Å². The molecule has 16 heavy (non-hydrogen) atoms. The van der Waals surface area contributed by atoms with E-state index in [2.05, 4.69) is 11.9 Å². The van der Waals surface area contributed by atoms with E-state index in [1.165, 1.54) is 19.2 Å². The Kier molecular flexibility index (Phi) is 5.71. The summed E-state index contributed by atoms with van der Waals surface area (Å²) >= 11 is 0. The van der Waals surface area contributed by atoms with Crippen molar-refractivity contribution in [1.29, 1.82) is 0 Å². The predicted octanol–water partition coefficient (Wildman–Crippen LogP) is 3.02. The molecule has 0 aliphatic rings. The molecule has 0 aromatic rings. The van der Waals surface area contributed by atoms with Gasteiger partial charge in [0.2, 0.25) is 0 Å². The van der Waals surface area contributed by atoms with Gasteiger partial charge in [-0.2, -0.15) is 13.2 Å². The third kappa shape index (κ3) is 4.42. The van der Waals surface area contributed by atoms with E-state index in [4.69, 9.17) is 0 Å². The first-order chi connectivity index (χ1) is 7.34. The van der Waals surface area contributed by atoms with Crippen LogP contribution < -0.4 is 5.32 Å². The molecule has 0 radical (unpaired) electrons. The Morgan fingerprint density at radius 2 is 2.00 bits per heavy atom. The van der Waals surface area contributed by atoms with E-state index in [0.717, 1.165) is 11.1 Å². The van der Waals surface area contributed by atoms with E-state index in [0.29, 0.717) is 12.2 Å². The fraction of sp³-hybridized carbons (Fsp3) is 0.455. The topological polar surface area (TPSA) is 15.3 Å². The van der Waals surface area contributed by atoms with Gasteiger partial charge in [-0.3, -0.25) is 0 Å². The van der Waals surface area contributed by atoms with Gasteiger partial charge in [0.15, 0.2) is 0 Å². The first-order valence-corrected chi connectivity index (χ1v) is 4.88. The van der Waals surface area contributed by atoms with Crippen molar-refractivity contribution in [3.8, 4) is 0 Å². The summed E-state index contributed by atoms with van der Waals surface area (Å²) in [7, 11) is 1.37. The van der Waals surface area contributed by atoms with E-state index < -0.39 is 11.9 Å². The number of allylic oxidation sites excluding steroid dienone is 4. The fourth-order valence-corrected chi connectivity index (χ4v) is 1.04. The molecule has 0 aliphatic heterocycles. The molecule has 0 saturated carbocycles. The third-order valence-electron chi connectivity index (χ3n) is 1.98. The maximum Gasteiger partial charge on any atom is 0.432 e. The van der Waals surface area contributed by atoms with Gasteiger partial charge >= 0.3 is 6.18 Å². The molecule has 0 aliphatic carbocycles. The molecule has 0 saturated heterocycles. The van der Waals surface area contributed by atoms with Crippen molar-refractivity contribution in [1.82, 2.24) is 10.2 Å². The van der Waals surface area contributed by atoms with Crippen LogP contribution in [0.4, 0.5) is 13.2 Å². The summed E-state index contributed by atoms with van der Waals surface area (Å²) < 4.78 is 38.1. The minimum absolute atomic E-state index is 0.442. The molecule has 0 amide bonds. The first-order valence-electron chi connectivity index (χ1n) is 4.88. The van der Waals surface area contributed by atoms with Crippen molar-refractivity contribution < 1.29 is 13.2 Å². The molecule has 0 rings (SSSR count). The number of nitrogens with one attached hydrogen (secondary N) is 1. The minimum Gasteiger partial charge on any atom is -0.389 e. The van der Waals surface area contributed by atoms with Crippen LogP contribution >= 0.6 is 0 Å². The van der Waals surface area contributed by atoms with E-state index in [9.17, 15) is 13.2 Å². The van der Waals surface area contributed by atoms with E-state index in [1.54, 1.807) is 13.8 Å². The highest BCUT2D eigenvalue weighted by molar-refractivity contribution is 5.17. The lowest BCUT2D eigenvalue weighted by molar-refractivity contribution is -0.107. The van der Waals surface area contributed by atoms with Gasteiger partial charge in [0, 0.05) is 25.5 Å². The Labute approximate surface area is 94.1 Å². The van der Waals surface area contributed by atoms with Crippen molar-refractivity contribution in [3.63, 3.8) is 0 Å². The molecule has 0 aromatic heterocycles. The van der Waals surface area contributed by atoms with E-state index in [1.807, 2.05) is 0 Å². The second-order valence-corrected chi connectivity index (χ2v) is 3.19. The lowest BCUT2D eigenvalue weighted by Gasteiger charge is -2.25. The SMILES string of the molecule is C=C/C=C(\C)N(C)/C(=C\NCC)C(F)(F)F. The van der Waals surface area contributed by atoms with Crippen LogP contribution in [0.2, 0.25) is 0 Å². The Morgan fingerprint density at radius 1 is 1.44 bits per heavy atom. The third-order valence-corrected chi connectivity index (χ3v) is 1.98. The van der Waals surface area contributed by atoms with Crippen LogP contribution in [0.1, 0.15) is 13.8 Å². The van der Waals surface area contributed by atoms with Crippen molar-refractivity contribution in [2.45, 2.75) is 20.0 Å². The number of nitrogens with zero attached hydrogens (tertiary/aromatic N) is 1. The summed E-state index contributed by atoms with van der Waals surface area (Å²) in [4.78, 5) is 1.07. The number of halogens is 3. The summed E-state index contributed by atoms with van der Waals surface area (Å²) in [6.07, 6.45) is -0.438. The monoisotopic (exact) mass is 234 g/mol. The molecule has 5 heteroatoms. The average Bonchev–Trinajstić information content (AvgIpc) is 2.16. The smallest absolute Gasteiger partial charge is 0.389 e. The van der Waals surface area contributed by atoms with Gasteiger partial charge in [0.05, 0.1) is 0 Å². The zero-order chi connectivity index (χ0) is 12.8. The lowest BCUT2D eigenvalue weighted by Crippen LogP contribution is -2.29. The second-order valence-electron chi connectivity index (χ2n) is 3.19. The quantitative estimate of drug-likeness (QED) is 0.735. The number of rotatable bonds is 5. The highest BCUT2D eigenvalue weighted by atomic mass is 19.4. The van der Waals surface area contributed by atoms with Gasteiger partial charge in [-0.1, -0.05) is 12.7 Å². The summed E-state index contributed by atoms with van der Waals surface area (Å²) in [5.41, 5.74) is -0.263. The highest BCUT2D eigenvalue weighted by Crippen LogP contribution is 2.29. The molecule has 0 heterocycles. The Balaban J connectivity index is 5.05. The average molecular weight is 234 g/mol. The van der Waals surface area contributed by atoms with Crippen molar-refractivity contribution in [2.24, 2.45) is 0 Å². The Bertz CT molecular complexity index is 290. The van der Waals surface area contributed by atoms with Gasteiger partial charge in [0.1, 0.15) is 5.70 Å². The zero-order valence-corrected chi connectivity index (χ0v) is 9.73. The largest absolute Gasteiger partial charge is 0.432 e. The van der Waals surface area contributed by atoms with Crippen LogP contribution in [-0.4, -0.2) is 24.7 Å². The summed E-state index contributed by atoms with van der Waals surface area (Å²) in [5.74, 6) is 0. The highest BCUT2D eigenvalue weighted by Gasteiger charge is 2.36. The van der Waals surface area contributed by atoms with Gasteiger partial charge < -0.3 is 10.2 Å². The molecule has 0 spiro atoms. The van der Waals surface area contributed by atoms with Gasteiger partial charge in [-0.05, 0) is 19.9 Å². The van der Waals surface area contributed by atoms with Crippen LogP contribution in [0, 0.1) is 0 Å². The zero-order valence-electron chi connectivity index (χ0n) is 9.73. The molecule has 1 N–H and O–H groups in total. The van der Waals surface area contributed by atoms with Gasteiger partial charge in [-0.15, -0.1) is 0 Å². The predicted molar refractivity (Wildman–Crippen MR) is 59.5 cm³/mol. The van der Waals surface area contributed by atoms with Crippen molar-refractivity contribution in [3.05, 3.63) is 36.3 Å². The van der Waals surface area contributed by atoms with Crippen LogP contribution in [0.15, 0.2) is 36.3 Å². The number of hydrogen-bond acceptors (Lipinski definition) is 2. The second kappa shape index (κ2) is 6.25. The summed E-state index contributed by atoms with van der Waals surface area (Å²) in [6.45, 7) is 7.21. The first kappa shape index (κ1) is 14.6. The molecule has 0 aromatic carbocycles. The van der Waals surface area contributed by atoms with Gasteiger partial charge in [-0.25, -0.2) is 0 Å². The Morgan fingerprint density at radius 3 is 2.38 bits per heavy atom. The fourth-order valence-electron chi connectivity index (χ4n) is 1.04. The van der Waals surface area contributed by atoms with E-state index >= 15 is 0 Å².